The van der Waals surface area contributed by atoms with Crippen molar-refractivity contribution in [2.24, 2.45) is 7.05 Å². The zero-order valence-corrected chi connectivity index (χ0v) is 11.5. The summed E-state index contributed by atoms with van der Waals surface area (Å²) in [7, 11) is -2.01. The van der Waals surface area contributed by atoms with Gasteiger partial charge >= 0.3 is 0 Å². The average molecular weight is 286 g/mol. The summed E-state index contributed by atoms with van der Waals surface area (Å²) in [4.78, 5) is 0. The maximum atomic E-state index is 12.4. The number of nitrogens with zero attached hydrogens (tertiary/aromatic N) is 3. The van der Waals surface area contributed by atoms with Crippen molar-refractivity contribution in [2.75, 3.05) is 0 Å². The fourth-order valence-electron chi connectivity index (χ4n) is 1.69. The lowest BCUT2D eigenvalue weighted by Gasteiger charge is -2.14. The van der Waals surface area contributed by atoms with Gasteiger partial charge < -0.3 is 0 Å². The van der Waals surface area contributed by atoms with Gasteiger partial charge in [0.15, 0.2) is 5.03 Å². The lowest BCUT2D eigenvalue weighted by atomic mass is 10.2. The highest BCUT2D eigenvalue weighted by atomic mass is 35.5. The lowest BCUT2D eigenvalue weighted by Crippen LogP contribution is -2.14. The number of hydrogen-bond acceptors (Lipinski definition) is 4. The summed E-state index contributed by atoms with van der Waals surface area (Å²) in [5.41, 5.74) is 0.570. The molecular formula is C11H12ClN3O2S. The van der Waals surface area contributed by atoms with Crippen LogP contribution in [-0.2, 0) is 16.9 Å². The quantitative estimate of drug-likeness (QED) is 0.865. The second kappa shape index (κ2) is 4.70. The standard InChI is InChI=1S/C11H12ClN3O2S/c1-8(9-5-3-4-6-10(9)12)18(16,17)11-7-13-14-15(11)2/h3-8H,1-2H3. The van der Waals surface area contributed by atoms with Gasteiger partial charge in [-0.05, 0) is 18.6 Å². The van der Waals surface area contributed by atoms with E-state index in [0.29, 0.717) is 10.6 Å². The maximum Gasteiger partial charge on any atom is 0.203 e. The highest BCUT2D eigenvalue weighted by Crippen LogP contribution is 2.31. The highest BCUT2D eigenvalue weighted by molar-refractivity contribution is 7.91. The number of hydrogen-bond donors (Lipinski definition) is 0. The number of halogens is 1. The van der Waals surface area contributed by atoms with E-state index in [0.717, 1.165) is 0 Å². The Morgan fingerprint density at radius 2 is 2.00 bits per heavy atom. The molecule has 0 aliphatic heterocycles. The minimum absolute atomic E-state index is 0.0786. The van der Waals surface area contributed by atoms with Gasteiger partial charge in [-0.15, -0.1) is 5.10 Å². The van der Waals surface area contributed by atoms with E-state index in [-0.39, 0.29) is 5.03 Å². The predicted octanol–water partition coefficient (Wildman–Crippen LogP) is 2.00. The Labute approximate surface area is 110 Å². The number of sulfone groups is 1. The van der Waals surface area contributed by atoms with E-state index in [1.807, 2.05) is 0 Å². The third kappa shape index (κ3) is 2.13. The Kier molecular flexibility index (Phi) is 3.41. The van der Waals surface area contributed by atoms with Crippen molar-refractivity contribution in [1.29, 1.82) is 0 Å². The Hall–Kier alpha value is -1.40. The van der Waals surface area contributed by atoms with Gasteiger partial charge in [-0.1, -0.05) is 35.0 Å². The van der Waals surface area contributed by atoms with E-state index in [1.54, 1.807) is 38.2 Å². The molecule has 0 amide bonds. The molecule has 1 unspecified atom stereocenters. The molecule has 0 spiro atoms. The normalized spacial score (nSPS) is 13.5. The van der Waals surface area contributed by atoms with Crippen LogP contribution in [0.4, 0.5) is 0 Å². The van der Waals surface area contributed by atoms with Gasteiger partial charge in [0.2, 0.25) is 9.84 Å². The second-order valence-electron chi connectivity index (χ2n) is 3.90. The number of aryl methyl sites for hydroxylation is 1. The molecule has 1 heterocycles. The van der Waals surface area contributed by atoms with E-state index >= 15 is 0 Å². The molecule has 18 heavy (non-hydrogen) atoms. The van der Waals surface area contributed by atoms with Gasteiger partial charge in [0.05, 0.1) is 11.4 Å². The van der Waals surface area contributed by atoms with E-state index in [1.165, 1.54) is 10.9 Å². The van der Waals surface area contributed by atoms with Gasteiger partial charge in [-0.25, -0.2) is 13.1 Å². The molecular weight excluding hydrogens is 274 g/mol. The van der Waals surface area contributed by atoms with E-state index in [4.69, 9.17) is 11.6 Å². The molecule has 0 saturated heterocycles. The smallest absolute Gasteiger partial charge is 0.203 e. The van der Waals surface area contributed by atoms with E-state index in [9.17, 15) is 8.42 Å². The molecule has 7 heteroatoms. The van der Waals surface area contributed by atoms with Crippen LogP contribution < -0.4 is 0 Å². The van der Waals surface area contributed by atoms with Crippen LogP contribution in [0.3, 0.4) is 0 Å². The summed E-state index contributed by atoms with van der Waals surface area (Å²) in [6.45, 7) is 1.60. The Bertz CT molecular complexity index is 666. The lowest BCUT2D eigenvalue weighted by molar-refractivity contribution is 0.565. The van der Waals surface area contributed by atoms with Crippen LogP contribution >= 0.6 is 11.6 Å². The molecule has 5 nitrogen and oxygen atoms in total. The SMILES string of the molecule is CC(c1ccccc1Cl)S(=O)(=O)c1cnnn1C. The predicted molar refractivity (Wildman–Crippen MR) is 68.1 cm³/mol. The molecule has 1 aromatic carbocycles. The average Bonchev–Trinajstić information content (AvgIpc) is 2.76. The molecule has 0 aliphatic rings. The van der Waals surface area contributed by atoms with Crippen LogP contribution in [0, 0.1) is 0 Å². The van der Waals surface area contributed by atoms with E-state index < -0.39 is 15.1 Å². The molecule has 0 fully saturated rings. The number of aromatic nitrogens is 3. The Morgan fingerprint density at radius 1 is 1.33 bits per heavy atom. The number of benzene rings is 1. The van der Waals surface area contributed by atoms with Gasteiger partial charge in [-0.3, -0.25) is 0 Å². The van der Waals surface area contributed by atoms with E-state index in [2.05, 4.69) is 10.3 Å². The van der Waals surface area contributed by atoms with Gasteiger partial charge in [0.25, 0.3) is 0 Å². The van der Waals surface area contributed by atoms with Crippen LogP contribution in [0.2, 0.25) is 5.02 Å². The first-order valence-corrected chi connectivity index (χ1v) is 7.20. The summed E-state index contributed by atoms with van der Waals surface area (Å²) in [5.74, 6) is 0. The molecule has 0 saturated carbocycles. The fraction of sp³-hybridized carbons (Fsp3) is 0.273. The molecule has 1 aromatic heterocycles. The first-order valence-electron chi connectivity index (χ1n) is 5.27. The second-order valence-corrected chi connectivity index (χ2v) is 6.53. The van der Waals surface area contributed by atoms with Crippen molar-refractivity contribution in [1.82, 2.24) is 15.0 Å². The molecule has 0 aliphatic carbocycles. The molecule has 2 aromatic rings. The highest BCUT2D eigenvalue weighted by Gasteiger charge is 2.29. The van der Waals surface area contributed by atoms with Crippen molar-refractivity contribution in [3.05, 3.63) is 41.0 Å². The minimum atomic E-state index is -3.55. The van der Waals surface area contributed by atoms with Crippen LogP contribution in [0.1, 0.15) is 17.7 Å². The first kappa shape index (κ1) is 13.0. The Balaban J connectivity index is 2.50. The molecule has 1 atom stereocenters. The molecule has 0 radical (unpaired) electrons. The van der Waals surface area contributed by atoms with Crippen molar-refractivity contribution in [2.45, 2.75) is 17.2 Å². The molecule has 2 rings (SSSR count). The van der Waals surface area contributed by atoms with Crippen molar-refractivity contribution >= 4 is 21.4 Å². The zero-order valence-electron chi connectivity index (χ0n) is 9.91. The maximum absolute atomic E-state index is 12.4. The number of rotatable bonds is 3. The van der Waals surface area contributed by atoms with Crippen LogP contribution in [0.15, 0.2) is 35.5 Å². The summed E-state index contributed by atoms with van der Waals surface area (Å²) in [6, 6.07) is 6.89. The summed E-state index contributed by atoms with van der Waals surface area (Å²) < 4.78 is 26.1. The van der Waals surface area contributed by atoms with Gasteiger partial charge in [-0.2, -0.15) is 0 Å². The summed E-state index contributed by atoms with van der Waals surface area (Å²) >= 11 is 6.02. The van der Waals surface area contributed by atoms with Crippen LogP contribution in [0.25, 0.3) is 0 Å². The third-order valence-electron chi connectivity index (χ3n) is 2.77. The largest absolute Gasteiger partial charge is 0.237 e. The van der Waals surface area contributed by atoms with Crippen molar-refractivity contribution in [3.8, 4) is 0 Å². The molecule has 0 bridgehead atoms. The Morgan fingerprint density at radius 3 is 2.56 bits per heavy atom. The summed E-state index contributed by atoms with van der Waals surface area (Å²) in [5, 5.41) is 6.99. The van der Waals surface area contributed by atoms with Crippen molar-refractivity contribution < 1.29 is 8.42 Å². The monoisotopic (exact) mass is 285 g/mol. The van der Waals surface area contributed by atoms with Crippen LogP contribution in [-0.4, -0.2) is 23.4 Å². The van der Waals surface area contributed by atoms with Gasteiger partial charge in [0.1, 0.15) is 0 Å². The third-order valence-corrected chi connectivity index (χ3v) is 5.25. The first-order chi connectivity index (χ1) is 8.44. The van der Waals surface area contributed by atoms with Crippen LogP contribution in [0.5, 0.6) is 0 Å². The zero-order chi connectivity index (χ0) is 13.3. The fourth-order valence-corrected chi connectivity index (χ4v) is 3.56. The minimum Gasteiger partial charge on any atom is -0.237 e. The molecule has 0 N–H and O–H groups in total. The molecule has 96 valence electrons. The topological polar surface area (TPSA) is 64.8 Å². The summed E-state index contributed by atoms with van der Waals surface area (Å²) in [6.07, 6.45) is 1.24. The van der Waals surface area contributed by atoms with Crippen molar-refractivity contribution in [3.63, 3.8) is 0 Å². The van der Waals surface area contributed by atoms with Gasteiger partial charge in [0, 0.05) is 12.1 Å².